The molecule has 2 rings (SSSR count). The average Bonchev–Trinajstić information content (AvgIpc) is 2.68. The maximum absolute atomic E-state index is 12.3. The third-order valence-corrected chi connectivity index (χ3v) is 5.23. The lowest BCUT2D eigenvalue weighted by atomic mass is 10.1. The van der Waals surface area contributed by atoms with E-state index in [4.69, 9.17) is 0 Å². The Bertz CT molecular complexity index is 479. The molecule has 1 atom stereocenters. The van der Waals surface area contributed by atoms with E-state index in [0.717, 1.165) is 31.2 Å². The Morgan fingerprint density at radius 3 is 2.21 bits per heavy atom. The van der Waals surface area contributed by atoms with Crippen LogP contribution in [-0.4, -0.2) is 25.8 Å². The fourth-order valence-corrected chi connectivity index (χ4v) is 3.86. The molecular formula is C14H22N2O2S. The predicted molar refractivity (Wildman–Crippen MR) is 77.0 cm³/mol. The van der Waals surface area contributed by atoms with E-state index in [9.17, 15) is 8.42 Å². The second-order valence-electron chi connectivity index (χ2n) is 5.07. The molecule has 0 bridgehead atoms. The quantitative estimate of drug-likeness (QED) is 0.922. The zero-order chi connectivity index (χ0) is 13.7. The summed E-state index contributed by atoms with van der Waals surface area (Å²) in [6.07, 6.45) is 4.17. The summed E-state index contributed by atoms with van der Waals surface area (Å²) >= 11 is 0. The maximum atomic E-state index is 12.3. The van der Waals surface area contributed by atoms with Crippen molar-refractivity contribution in [3.63, 3.8) is 0 Å². The van der Waals surface area contributed by atoms with Crippen molar-refractivity contribution >= 4 is 10.2 Å². The van der Waals surface area contributed by atoms with Crippen LogP contribution < -0.4 is 4.72 Å². The molecule has 1 aromatic rings. The van der Waals surface area contributed by atoms with E-state index in [0.29, 0.717) is 13.1 Å². The van der Waals surface area contributed by atoms with Crippen molar-refractivity contribution in [2.24, 2.45) is 0 Å². The van der Waals surface area contributed by atoms with Gasteiger partial charge in [-0.1, -0.05) is 43.2 Å². The van der Waals surface area contributed by atoms with Crippen LogP contribution in [0, 0.1) is 0 Å². The van der Waals surface area contributed by atoms with Gasteiger partial charge in [0.05, 0.1) is 0 Å². The highest BCUT2D eigenvalue weighted by Gasteiger charge is 2.24. The molecule has 0 aliphatic carbocycles. The number of rotatable bonds is 4. The molecule has 0 unspecified atom stereocenters. The Hall–Kier alpha value is -0.910. The van der Waals surface area contributed by atoms with Gasteiger partial charge < -0.3 is 0 Å². The van der Waals surface area contributed by atoms with E-state index in [1.807, 2.05) is 37.3 Å². The molecule has 1 aromatic carbocycles. The molecule has 1 aliphatic rings. The van der Waals surface area contributed by atoms with Crippen LogP contribution in [0.25, 0.3) is 0 Å². The minimum atomic E-state index is -3.37. The number of nitrogens with one attached hydrogen (secondary N) is 1. The smallest absolute Gasteiger partial charge is 0.195 e. The zero-order valence-electron chi connectivity index (χ0n) is 11.4. The molecule has 106 valence electrons. The maximum Gasteiger partial charge on any atom is 0.279 e. The average molecular weight is 282 g/mol. The van der Waals surface area contributed by atoms with Gasteiger partial charge in [-0.05, 0) is 25.3 Å². The van der Waals surface area contributed by atoms with Crippen molar-refractivity contribution in [2.45, 2.75) is 38.6 Å². The fourth-order valence-electron chi connectivity index (χ4n) is 2.39. The third-order valence-electron chi connectivity index (χ3n) is 3.53. The zero-order valence-corrected chi connectivity index (χ0v) is 12.2. The summed E-state index contributed by atoms with van der Waals surface area (Å²) in [6, 6.07) is 9.46. The van der Waals surface area contributed by atoms with E-state index in [1.54, 1.807) is 4.31 Å². The van der Waals surface area contributed by atoms with Gasteiger partial charge >= 0.3 is 0 Å². The molecule has 1 aliphatic heterocycles. The standard InChI is InChI=1S/C14H22N2O2S/c1-13(14-9-5-4-6-10-14)15-19(17,18)16-11-7-2-3-8-12-16/h4-6,9-10,13,15H,2-3,7-8,11-12H2,1H3/t13-/m1/s1. The first-order valence-corrected chi connectivity index (χ1v) is 8.36. The van der Waals surface area contributed by atoms with Crippen LogP contribution in [-0.2, 0) is 10.2 Å². The highest BCUT2D eigenvalue weighted by Crippen LogP contribution is 2.17. The van der Waals surface area contributed by atoms with Crippen LogP contribution in [0.15, 0.2) is 30.3 Å². The summed E-state index contributed by atoms with van der Waals surface area (Å²) in [4.78, 5) is 0. The molecular weight excluding hydrogens is 260 g/mol. The second kappa shape index (κ2) is 6.50. The van der Waals surface area contributed by atoms with Gasteiger partial charge in [0, 0.05) is 19.1 Å². The van der Waals surface area contributed by atoms with Gasteiger partial charge in [0.1, 0.15) is 0 Å². The monoisotopic (exact) mass is 282 g/mol. The van der Waals surface area contributed by atoms with Crippen molar-refractivity contribution in [2.75, 3.05) is 13.1 Å². The lowest BCUT2D eigenvalue weighted by Crippen LogP contribution is -2.42. The van der Waals surface area contributed by atoms with Crippen LogP contribution in [0.2, 0.25) is 0 Å². The van der Waals surface area contributed by atoms with Crippen molar-refractivity contribution in [3.8, 4) is 0 Å². The summed E-state index contributed by atoms with van der Waals surface area (Å²) in [5, 5.41) is 0. The Labute approximate surface area is 116 Å². The van der Waals surface area contributed by atoms with Crippen molar-refractivity contribution < 1.29 is 8.42 Å². The normalized spacial score (nSPS) is 19.8. The van der Waals surface area contributed by atoms with E-state index in [1.165, 1.54) is 0 Å². The van der Waals surface area contributed by atoms with Gasteiger partial charge in [0.2, 0.25) is 0 Å². The molecule has 0 saturated carbocycles. The molecule has 1 fully saturated rings. The first-order chi connectivity index (χ1) is 9.09. The largest absolute Gasteiger partial charge is 0.279 e. The minimum absolute atomic E-state index is 0.200. The molecule has 1 heterocycles. The molecule has 4 nitrogen and oxygen atoms in total. The van der Waals surface area contributed by atoms with Gasteiger partial charge in [-0.15, -0.1) is 0 Å². The number of hydrogen-bond donors (Lipinski definition) is 1. The Morgan fingerprint density at radius 1 is 1.05 bits per heavy atom. The second-order valence-corrected chi connectivity index (χ2v) is 6.77. The van der Waals surface area contributed by atoms with Gasteiger partial charge in [0.25, 0.3) is 10.2 Å². The van der Waals surface area contributed by atoms with Crippen LogP contribution in [0.5, 0.6) is 0 Å². The lowest BCUT2D eigenvalue weighted by molar-refractivity contribution is 0.410. The van der Waals surface area contributed by atoms with Gasteiger partial charge in [0.15, 0.2) is 0 Å². The van der Waals surface area contributed by atoms with Gasteiger partial charge in [-0.25, -0.2) is 0 Å². The van der Waals surface area contributed by atoms with E-state index in [2.05, 4.69) is 4.72 Å². The molecule has 1 saturated heterocycles. The molecule has 0 aromatic heterocycles. The van der Waals surface area contributed by atoms with Crippen LogP contribution in [0.3, 0.4) is 0 Å². The van der Waals surface area contributed by atoms with Crippen LogP contribution in [0.1, 0.15) is 44.2 Å². The number of hydrogen-bond acceptors (Lipinski definition) is 2. The van der Waals surface area contributed by atoms with E-state index < -0.39 is 10.2 Å². The molecule has 5 heteroatoms. The van der Waals surface area contributed by atoms with Crippen molar-refractivity contribution in [3.05, 3.63) is 35.9 Å². The van der Waals surface area contributed by atoms with Gasteiger partial charge in [-0.3, -0.25) is 0 Å². The summed E-state index contributed by atoms with van der Waals surface area (Å²) < 4.78 is 29.0. The number of nitrogens with zero attached hydrogens (tertiary/aromatic N) is 1. The minimum Gasteiger partial charge on any atom is -0.195 e. The molecule has 19 heavy (non-hydrogen) atoms. The third kappa shape index (κ3) is 4.03. The first-order valence-electron chi connectivity index (χ1n) is 6.92. The predicted octanol–water partition coefficient (Wildman–Crippen LogP) is 2.46. The van der Waals surface area contributed by atoms with Crippen molar-refractivity contribution in [1.29, 1.82) is 0 Å². The summed E-state index contributed by atoms with van der Waals surface area (Å²) in [5.74, 6) is 0. The molecule has 0 amide bonds. The fraction of sp³-hybridized carbons (Fsp3) is 0.571. The van der Waals surface area contributed by atoms with Crippen molar-refractivity contribution in [1.82, 2.24) is 9.03 Å². The Kier molecular flexibility index (Phi) is 4.96. The highest BCUT2D eigenvalue weighted by molar-refractivity contribution is 7.87. The molecule has 0 spiro atoms. The number of benzene rings is 1. The summed E-state index contributed by atoms with van der Waals surface area (Å²) in [5.41, 5.74) is 0.987. The Balaban J connectivity index is 2.04. The van der Waals surface area contributed by atoms with Gasteiger partial charge in [-0.2, -0.15) is 17.4 Å². The summed E-state index contributed by atoms with van der Waals surface area (Å²) in [6.45, 7) is 3.15. The van der Waals surface area contributed by atoms with Crippen LogP contribution >= 0.6 is 0 Å². The van der Waals surface area contributed by atoms with E-state index in [-0.39, 0.29) is 6.04 Å². The van der Waals surface area contributed by atoms with Crippen LogP contribution in [0.4, 0.5) is 0 Å². The molecule has 1 N–H and O–H groups in total. The first kappa shape index (κ1) is 14.5. The Morgan fingerprint density at radius 2 is 1.63 bits per heavy atom. The highest BCUT2D eigenvalue weighted by atomic mass is 32.2. The topological polar surface area (TPSA) is 49.4 Å². The SMILES string of the molecule is C[C@@H](NS(=O)(=O)N1CCCCCC1)c1ccccc1. The summed E-state index contributed by atoms with van der Waals surface area (Å²) in [7, 11) is -3.37. The lowest BCUT2D eigenvalue weighted by Gasteiger charge is -2.23. The molecule has 0 radical (unpaired) electrons. The van der Waals surface area contributed by atoms with E-state index >= 15 is 0 Å².